The van der Waals surface area contributed by atoms with Gasteiger partial charge in [0, 0.05) is 16.3 Å². The van der Waals surface area contributed by atoms with Gasteiger partial charge in [-0.05, 0) is 30.7 Å². The monoisotopic (exact) mass is 304 g/mol. The molecule has 0 amide bonds. The zero-order chi connectivity index (χ0) is 16.1. The molecule has 0 saturated carbocycles. The predicted octanol–water partition coefficient (Wildman–Crippen LogP) is 4.43. The Balaban J connectivity index is 2.03. The Morgan fingerprint density at radius 3 is 2.09 bits per heavy atom. The highest BCUT2D eigenvalue weighted by Gasteiger charge is 2.16. The van der Waals surface area contributed by atoms with Gasteiger partial charge in [0.15, 0.2) is 11.2 Å². The first kappa shape index (κ1) is 13.5. The first-order valence-electron chi connectivity index (χ1n) is 7.35. The summed E-state index contributed by atoms with van der Waals surface area (Å²) in [6, 6.07) is 15.5. The standard InChI is InChI=1S/C19H16N2O2/c1-10-2-4-11(5-3-10)12-6-7-13-14-8-9-15(22)17(21)19(14)23-18(13)16(12)20/h2-9,22H,20-21H2,1H3. The summed E-state index contributed by atoms with van der Waals surface area (Å²) in [7, 11) is 0. The van der Waals surface area contributed by atoms with Crippen molar-refractivity contribution in [1.29, 1.82) is 0 Å². The van der Waals surface area contributed by atoms with Crippen LogP contribution >= 0.6 is 0 Å². The molecule has 0 atom stereocenters. The van der Waals surface area contributed by atoms with Gasteiger partial charge in [-0.3, -0.25) is 0 Å². The molecule has 0 aliphatic rings. The number of anilines is 2. The van der Waals surface area contributed by atoms with Gasteiger partial charge in [0.25, 0.3) is 0 Å². The Bertz CT molecular complexity index is 1050. The summed E-state index contributed by atoms with van der Waals surface area (Å²) < 4.78 is 5.87. The molecule has 0 bridgehead atoms. The fourth-order valence-electron chi connectivity index (χ4n) is 2.92. The zero-order valence-corrected chi connectivity index (χ0v) is 12.6. The molecule has 4 heteroatoms. The number of hydrogen-bond donors (Lipinski definition) is 3. The molecule has 4 aromatic rings. The molecule has 0 spiro atoms. The first-order chi connectivity index (χ1) is 11.1. The normalized spacial score (nSPS) is 11.3. The molecule has 0 aliphatic carbocycles. The summed E-state index contributed by atoms with van der Waals surface area (Å²) in [5.41, 5.74) is 17.3. The number of aryl methyl sites for hydroxylation is 1. The number of rotatable bonds is 1. The molecule has 5 N–H and O–H groups in total. The van der Waals surface area contributed by atoms with Crippen molar-refractivity contribution in [1.82, 2.24) is 0 Å². The number of phenols is 1. The van der Waals surface area contributed by atoms with Crippen LogP contribution in [0.25, 0.3) is 33.1 Å². The van der Waals surface area contributed by atoms with Crippen molar-refractivity contribution in [2.45, 2.75) is 6.92 Å². The van der Waals surface area contributed by atoms with Gasteiger partial charge in [-0.1, -0.05) is 35.9 Å². The third-order valence-electron chi connectivity index (χ3n) is 4.23. The van der Waals surface area contributed by atoms with E-state index < -0.39 is 0 Å². The quantitative estimate of drug-likeness (QED) is 0.358. The van der Waals surface area contributed by atoms with Crippen LogP contribution in [0.2, 0.25) is 0 Å². The van der Waals surface area contributed by atoms with Crippen LogP contribution in [0.15, 0.2) is 52.9 Å². The number of aromatic hydroxyl groups is 1. The first-order valence-corrected chi connectivity index (χ1v) is 7.35. The molecule has 114 valence electrons. The Labute approximate surface area is 132 Å². The molecule has 0 aliphatic heterocycles. The van der Waals surface area contributed by atoms with Crippen LogP contribution < -0.4 is 11.5 Å². The molecule has 0 unspecified atom stereocenters. The maximum atomic E-state index is 9.75. The van der Waals surface area contributed by atoms with Crippen molar-refractivity contribution < 1.29 is 9.52 Å². The number of nitrogen functional groups attached to an aromatic ring is 2. The Morgan fingerprint density at radius 2 is 1.39 bits per heavy atom. The van der Waals surface area contributed by atoms with Crippen LogP contribution in [-0.4, -0.2) is 5.11 Å². The molecular formula is C19H16N2O2. The minimum absolute atomic E-state index is 0.00823. The summed E-state index contributed by atoms with van der Waals surface area (Å²) in [5, 5.41) is 11.5. The third kappa shape index (κ3) is 1.92. The summed E-state index contributed by atoms with van der Waals surface area (Å²) in [4.78, 5) is 0. The van der Waals surface area contributed by atoms with Crippen molar-refractivity contribution in [3.63, 3.8) is 0 Å². The van der Waals surface area contributed by atoms with E-state index in [0.717, 1.165) is 21.9 Å². The topological polar surface area (TPSA) is 85.4 Å². The molecule has 4 nitrogen and oxygen atoms in total. The summed E-state index contributed by atoms with van der Waals surface area (Å²) in [5.74, 6) is 0.00823. The van der Waals surface area contributed by atoms with Crippen molar-refractivity contribution >= 4 is 33.3 Å². The van der Waals surface area contributed by atoms with Gasteiger partial charge in [-0.15, -0.1) is 0 Å². The van der Waals surface area contributed by atoms with Crippen LogP contribution in [-0.2, 0) is 0 Å². The van der Waals surface area contributed by atoms with Crippen LogP contribution in [0.5, 0.6) is 5.75 Å². The molecule has 23 heavy (non-hydrogen) atoms. The van der Waals surface area contributed by atoms with E-state index in [9.17, 15) is 5.11 Å². The average molecular weight is 304 g/mol. The van der Waals surface area contributed by atoms with Gasteiger partial charge in [0.2, 0.25) is 0 Å². The predicted molar refractivity (Wildman–Crippen MR) is 94.4 cm³/mol. The lowest BCUT2D eigenvalue weighted by atomic mass is 10.0. The summed E-state index contributed by atoms with van der Waals surface area (Å²) in [6.07, 6.45) is 0. The fraction of sp³-hybridized carbons (Fsp3) is 0.0526. The van der Waals surface area contributed by atoms with Crippen LogP contribution in [0.4, 0.5) is 11.4 Å². The van der Waals surface area contributed by atoms with E-state index in [0.29, 0.717) is 16.9 Å². The van der Waals surface area contributed by atoms with E-state index >= 15 is 0 Å². The van der Waals surface area contributed by atoms with E-state index in [-0.39, 0.29) is 11.4 Å². The number of benzene rings is 3. The Morgan fingerprint density at radius 1 is 0.783 bits per heavy atom. The third-order valence-corrected chi connectivity index (χ3v) is 4.23. The van der Waals surface area contributed by atoms with E-state index in [4.69, 9.17) is 15.9 Å². The highest BCUT2D eigenvalue weighted by atomic mass is 16.3. The SMILES string of the molecule is Cc1ccc(-c2ccc3c(oc4c(N)c(O)ccc43)c2N)cc1. The fourth-order valence-corrected chi connectivity index (χ4v) is 2.92. The summed E-state index contributed by atoms with van der Waals surface area (Å²) >= 11 is 0. The van der Waals surface area contributed by atoms with Gasteiger partial charge in [-0.25, -0.2) is 0 Å². The minimum Gasteiger partial charge on any atom is -0.506 e. The zero-order valence-electron chi connectivity index (χ0n) is 12.6. The van der Waals surface area contributed by atoms with Crippen LogP contribution in [0.3, 0.4) is 0 Å². The minimum atomic E-state index is 0.00823. The number of phenolic OH excluding ortho intramolecular Hbond substituents is 1. The van der Waals surface area contributed by atoms with E-state index in [1.54, 1.807) is 12.1 Å². The van der Waals surface area contributed by atoms with Crippen molar-refractivity contribution in [3.05, 3.63) is 54.1 Å². The number of nitrogens with two attached hydrogens (primary N) is 2. The van der Waals surface area contributed by atoms with Gasteiger partial charge in [0.05, 0.1) is 5.69 Å². The molecule has 0 fully saturated rings. The van der Waals surface area contributed by atoms with Gasteiger partial charge in [0.1, 0.15) is 11.4 Å². The Hall–Kier alpha value is -3.14. The van der Waals surface area contributed by atoms with E-state index in [1.807, 2.05) is 43.3 Å². The lowest BCUT2D eigenvalue weighted by Gasteiger charge is -2.06. The van der Waals surface area contributed by atoms with Crippen LogP contribution in [0.1, 0.15) is 5.56 Å². The largest absolute Gasteiger partial charge is 0.506 e. The molecule has 0 saturated heterocycles. The van der Waals surface area contributed by atoms with Gasteiger partial charge < -0.3 is 21.0 Å². The van der Waals surface area contributed by atoms with Crippen molar-refractivity contribution in [3.8, 4) is 16.9 Å². The average Bonchev–Trinajstić information content (AvgIpc) is 2.93. The number of hydrogen-bond acceptors (Lipinski definition) is 4. The maximum Gasteiger partial charge on any atom is 0.162 e. The summed E-state index contributed by atoms with van der Waals surface area (Å²) in [6.45, 7) is 2.05. The molecule has 3 aromatic carbocycles. The number of furan rings is 1. The van der Waals surface area contributed by atoms with Gasteiger partial charge in [-0.2, -0.15) is 0 Å². The second-order valence-electron chi connectivity index (χ2n) is 5.75. The molecule has 4 rings (SSSR count). The van der Waals surface area contributed by atoms with Crippen molar-refractivity contribution in [2.24, 2.45) is 0 Å². The highest BCUT2D eigenvalue weighted by Crippen LogP contribution is 2.41. The smallest absolute Gasteiger partial charge is 0.162 e. The second kappa shape index (κ2) is 4.68. The maximum absolute atomic E-state index is 9.75. The molecule has 0 radical (unpaired) electrons. The second-order valence-corrected chi connectivity index (χ2v) is 5.75. The van der Waals surface area contributed by atoms with E-state index in [2.05, 4.69) is 0 Å². The van der Waals surface area contributed by atoms with Gasteiger partial charge >= 0.3 is 0 Å². The highest BCUT2D eigenvalue weighted by molar-refractivity contribution is 6.14. The Kier molecular flexibility index (Phi) is 2.75. The number of fused-ring (bicyclic) bond motifs is 3. The lowest BCUT2D eigenvalue weighted by molar-refractivity contribution is 0.477. The molecular weight excluding hydrogens is 288 g/mol. The molecule has 1 aromatic heterocycles. The lowest BCUT2D eigenvalue weighted by Crippen LogP contribution is -1.90. The van der Waals surface area contributed by atoms with E-state index in [1.165, 1.54) is 5.56 Å². The van der Waals surface area contributed by atoms with Crippen LogP contribution in [0, 0.1) is 6.92 Å². The molecule has 1 heterocycles. The van der Waals surface area contributed by atoms with Crippen molar-refractivity contribution in [2.75, 3.05) is 11.5 Å².